The quantitative estimate of drug-likeness (QED) is 0.318. The molecule has 3 aromatic rings. The predicted molar refractivity (Wildman–Crippen MR) is 144 cm³/mol. The minimum atomic E-state index is -0.781. The summed E-state index contributed by atoms with van der Waals surface area (Å²) in [6.45, 7) is 8.31. The Labute approximate surface area is 217 Å². The van der Waals surface area contributed by atoms with Crippen molar-refractivity contribution in [3.05, 3.63) is 81.7 Å². The van der Waals surface area contributed by atoms with Crippen LogP contribution in [0.4, 0.5) is 0 Å². The summed E-state index contributed by atoms with van der Waals surface area (Å²) < 4.78 is 5.72. The molecule has 1 aromatic heterocycles. The van der Waals surface area contributed by atoms with Crippen molar-refractivity contribution in [2.24, 2.45) is 5.41 Å². The molecule has 1 heterocycles. The van der Waals surface area contributed by atoms with Crippen LogP contribution in [0, 0.1) is 12.3 Å². The summed E-state index contributed by atoms with van der Waals surface area (Å²) in [5, 5.41) is 0.489. The highest BCUT2D eigenvalue weighted by Gasteiger charge is 2.33. The van der Waals surface area contributed by atoms with Crippen LogP contribution in [0.2, 0.25) is 0 Å². The molecule has 0 unspecified atom stereocenters. The molecule has 7 heteroatoms. The Morgan fingerprint density at radius 3 is 2.42 bits per heavy atom. The van der Waals surface area contributed by atoms with Crippen LogP contribution in [0.1, 0.15) is 50.3 Å². The average Bonchev–Trinajstić information content (AvgIpc) is 2.88. The molecule has 0 bridgehead atoms. The second-order valence-corrected chi connectivity index (χ2v) is 10.2. The van der Waals surface area contributed by atoms with Gasteiger partial charge in [-0.25, -0.2) is 0 Å². The third kappa shape index (κ3) is 6.76. The molecule has 2 amide bonds. The summed E-state index contributed by atoms with van der Waals surface area (Å²) in [6, 6.07) is 15.1. The highest BCUT2D eigenvalue weighted by molar-refractivity contribution is 6.19. The van der Waals surface area contributed by atoms with E-state index in [2.05, 4.69) is 0 Å². The van der Waals surface area contributed by atoms with E-state index in [4.69, 9.17) is 16.0 Å². The van der Waals surface area contributed by atoms with Crippen LogP contribution < -0.4 is 5.43 Å². The van der Waals surface area contributed by atoms with E-state index in [1.165, 1.54) is 6.26 Å². The number of amides is 2. The predicted octanol–water partition coefficient (Wildman–Crippen LogP) is 5.52. The molecule has 0 aliphatic carbocycles. The monoisotopic (exact) mass is 510 g/mol. The van der Waals surface area contributed by atoms with Gasteiger partial charge in [-0.15, -0.1) is 11.6 Å². The second kappa shape index (κ2) is 12.2. The van der Waals surface area contributed by atoms with E-state index in [9.17, 15) is 14.4 Å². The van der Waals surface area contributed by atoms with Gasteiger partial charge in [-0.1, -0.05) is 55.3 Å². The Bertz CT molecular complexity index is 1250. The Morgan fingerprint density at radius 2 is 1.75 bits per heavy atom. The largest absolute Gasteiger partial charge is 0.464 e. The number of halogens is 1. The number of hydrogen-bond donors (Lipinski definition) is 0. The van der Waals surface area contributed by atoms with E-state index in [1.807, 2.05) is 50.2 Å². The second-order valence-electron chi connectivity index (χ2n) is 9.92. The Balaban J connectivity index is 1.93. The number of nitrogens with zero attached hydrogens (tertiary/aromatic N) is 2. The van der Waals surface area contributed by atoms with Gasteiger partial charge in [0.1, 0.15) is 5.58 Å². The van der Waals surface area contributed by atoms with E-state index in [1.54, 1.807) is 35.8 Å². The zero-order valence-electron chi connectivity index (χ0n) is 21.6. The topological polar surface area (TPSA) is 70.8 Å². The first kappa shape index (κ1) is 27.5. The van der Waals surface area contributed by atoms with Crippen molar-refractivity contribution in [2.45, 2.75) is 53.6 Å². The van der Waals surface area contributed by atoms with E-state index >= 15 is 0 Å². The molecule has 6 nitrogen and oxygen atoms in total. The maximum Gasteiger partial charge on any atom is 0.242 e. The number of carbonyl (C=O) groups excluding carboxylic acids is 2. The third-order valence-corrected chi connectivity index (χ3v) is 6.91. The highest BCUT2D eigenvalue weighted by Crippen LogP contribution is 2.22. The molecule has 0 saturated carbocycles. The first-order valence-corrected chi connectivity index (χ1v) is 12.9. The van der Waals surface area contributed by atoms with Gasteiger partial charge in [0.2, 0.25) is 11.8 Å². The molecular weight excluding hydrogens is 476 g/mol. The minimum absolute atomic E-state index is 0.0780. The molecule has 0 saturated heterocycles. The Kier molecular flexibility index (Phi) is 9.32. The summed E-state index contributed by atoms with van der Waals surface area (Å²) in [6.07, 6.45) is 3.11. The van der Waals surface area contributed by atoms with Crippen molar-refractivity contribution in [2.75, 3.05) is 19.0 Å². The fourth-order valence-electron chi connectivity index (χ4n) is 3.99. The first-order chi connectivity index (χ1) is 17.2. The summed E-state index contributed by atoms with van der Waals surface area (Å²) in [4.78, 5) is 43.3. The van der Waals surface area contributed by atoms with E-state index in [-0.39, 0.29) is 36.2 Å². The lowest BCUT2D eigenvalue weighted by Gasteiger charge is -2.32. The van der Waals surface area contributed by atoms with Crippen molar-refractivity contribution in [3.63, 3.8) is 0 Å². The van der Waals surface area contributed by atoms with Gasteiger partial charge in [0, 0.05) is 19.0 Å². The smallest absolute Gasteiger partial charge is 0.242 e. The fourth-order valence-corrected chi connectivity index (χ4v) is 4.10. The van der Waals surface area contributed by atoms with E-state index in [0.717, 1.165) is 24.0 Å². The van der Waals surface area contributed by atoms with Gasteiger partial charge in [0.15, 0.2) is 5.43 Å². The molecule has 3 rings (SSSR count). The van der Waals surface area contributed by atoms with Gasteiger partial charge in [0.05, 0.1) is 35.7 Å². The first-order valence-electron chi connectivity index (χ1n) is 12.3. The van der Waals surface area contributed by atoms with Crippen LogP contribution in [0.5, 0.6) is 0 Å². The van der Waals surface area contributed by atoms with Crippen molar-refractivity contribution >= 4 is 34.4 Å². The SMILES string of the molecule is CCCCN(CC(=O)N(Cc1ccccc1)Cc1coc2ccc(C)cc2c1=O)C(=O)C(C)(C)CCl. The molecular formula is C29H35ClN2O4. The molecule has 192 valence electrons. The van der Waals surface area contributed by atoms with Crippen LogP contribution in [0.15, 0.2) is 64.0 Å². The average molecular weight is 511 g/mol. The Hall–Kier alpha value is -3.12. The van der Waals surface area contributed by atoms with Gasteiger partial charge in [0.25, 0.3) is 0 Å². The summed E-state index contributed by atoms with van der Waals surface area (Å²) >= 11 is 6.07. The van der Waals surface area contributed by atoms with Crippen LogP contribution in [-0.2, 0) is 22.7 Å². The van der Waals surface area contributed by atoms with Gasteiger partial charge in [-0.05, 0) is 44.9 Å². The normalized spacial score (nSPS) is 11.5. The molecule has 0 radical (unpaired) electrons. The molecule has 0 N–H and O–H groups in total. The number of hydrogen-bond acceptors (Lipinski definition) is 4. The number of rotatable bonds is 11. The molecule has 0 fully saturated rings. The summed E-state index contributed by atoms with van der Waals surface area (Å²) in [5.74, 6) is -0.231. The zero-order valence-corrected chi connectivity index (χ0v) is 22.3. The third-order valence-electron chi connectivity index (χ3n) is 6.24. The van der Waals surface area contributed by atoms with E-state index in [0.29, 0.717) is 29.6 Å². The summed E-state index contributed by atoms with van der Waals surface area (Å²) in [7, 11) is 0. The van der Waals surface area contributed by atoms with Crippen LogP contribution in [0.3, 0.4) is 0 Å². The van der Waals surface area contributed by atoms with E-state index < -0.39 is 5.41 Å². The Morgan fingerprint density at radius 1 is 1.03 bits per heavy atom. The number of aryl methyl sites for hydroxylation is 1. The lowest BCUT2D eigenvalue weighted by atomic mass is 9.94. The van der Waals surface area contributed by atoms with Crippen molar-refractivity contribution in [3.8, 4) is 0 Å². The lowest BCUT2D eigenvalue weighted by molar-refractivity contribution is -0.146. The lowest BCUT2D eigenvalue weighted by Crippen LogP contribution is -2.48. The van der Waals surface area contributed by atoms with Crippen LogP contribution in [-0.4, -0.2) is 40.6 Å². The van der Waals surface area contributed by atoms with Gasteiger partial charge >= 0.3 is 0 Å². The van der Waals surface area contributed by atoms with Crippen LogP contribution in [0.25, 0.3) is 11.0 Å². The van der Waals surface area contributed by atoms with Gasteiger partial charge in [-0.3, -0.25) is 14.4 Å². The maximum absolute atomic E-state index is 13.6. The molecule has 0 atom stereocenters. The molecule has 0 spiro atoms. The highest BCUT2D eigenvalue weighted by atomic mass is 35.5. The zero-order chi connectivity index (χ0) is 26.3. The number of alkyl halides is 1. The summed E-state index contributed by atoms with van der Waals surface area (Å²) in [5.41, 5.74) is 1.85. The number of carbonyl (C=O) groups is 2. The van der Waals surface area contributed by atoms with Crippen LogP contribution >= 0.6 is 11.6 Å². The fraction of sp³-hybridized carbons (Fsp3) is 0.414. The number of unbranched alkanes of at least 4 members (excludes halogenated alkanes) is 1. The van der Waals surface area contributed by atoms with Crippen molar-refractivity contribution < 1.29 is 14.0 Å². The number of fused-ring (bicyclic) bond motifs is 1. The van der Waals surface area contributed by atoms with Gasteiger partial charge in [-0.2, -0.15) is 0 Å². The molecule has 0 aliphatic rings. The van der Waals surface area contributed by atoms with Crippen molar-refractivity contribution in [1.29, 1.82) is 0 Å². The minimum Gasteiger partial charge on any atom is -0.464 e. The maximum atomic E-state index is 13.6. The molecule has 36 heavy (non-hydrogen) atoms. The van der Waals surface area contributed by atoms with Crippen molar-refractivity contribution in [1.82, 2.24) is 9.80 Å². The molecule has 2 aromatic carbocycles. The number of benzene rings is 2. The molecule has 0 aliphatic heterocycles. The standard InChI is InChI=1S/C29H35ClN2O4/c1-5-6-14-31(28(35)29(3,4)20-30)18-26(33)32(16-22-10-8-7-9-11-22)17-23-19-36-25-13-12-21(2)15-24(25)27(23)34/h7-13,15,19H,5-6,14,16-18,20H2,1-4H3. The van der Waals surface area contributed by atoms with Gasteiger partial charge < -0.3 is 14.2 Å².